The smallest absolute Gasteiger partial charge is 0.308 e. The molecule has 0 saturated carbocycles. The molecule has 0 heterocycles. The summed E-state index contributed by atoms with van der Waals surface area (Å²) in [6, 6.07) is 53.6. The molecular weight excluding hydrogens is 602 g/mol. The van der Waals surface area contributed by atoms with Crippen LogP contribution in [0.3, 0.4) is 0 Å². The van der Waals surface area contributed by atoms with Crippen LogP contribution in [0.5, 0.6) is 11.5 Å². The van der Waals surface area contributed by atoms with Gasteiger partial charge in [0.05, 0.1) is 7.11 Å². The lowest BCUT2D eigenvalue weighted by atomic mass is 9.98. The Hall–Kier alpha value is -6.39. The van der Waals surface area contributed by atoms with Gasteiger partial charge in [0.25, 0.3) is 0 Å². The van der Waals surface area contributed by atoms with Gasteiger partial charge in [-0.25, -0.2) is 0 Å². The molecule has 0 unspecified atom stereocenters. The molecule has 4 heteroatoms. The number of anilines is 2. The molecule has 0 atom stereocenters. The van der Waals surface area contributed by atoms with Gasteiger partial charge < -0.3 is 14.4 Å². The maximum absolute atomic E-state index is 11.2. The van der Waals surface area contributed by atoms with E-state index in [1.54, 1.807) is 19.2 Å². The van der Waals surface area contributed by atoms with Crippen molar-refractivity contribution in [3.8, 4) is 11.5 Å². The van der Waals surface area contributed by atoms with Crippen LogP contribution in [0, 0.1) is 0 Å². The molecule has 0 saturated heterocycles. The number of carbonyl (C=O) groups is 1. The number of benzene rings is 6. The Morgan fingerprint density at radius 1 is 0.490 bits per heavy atom. The van der Waals surface area contributed by atoms with Gasteiger partial charge in [-0.2, -0.15) is 0 Å². The quantitative estimate of drug-likeness (QED) is 0.0803. The van der Waals surface area contributed by atoms with E-state index in [2.05, 4.69) is 126 Å². The number of carbonyl (C=O) groups excluding carboxylic acids is 1. The second-order valence-corrected chi connectivity index (χ2v) is 11.4. The highest BCUT2D eigenvalue weighted by molar-refractivity contribution is 5.84. The summed E-state index contributed by atoms with van der Waals surface area (Å²) in [4.78, 5) is 13.5. The van der Waals surface area contributed by atoms with Gasteiger partial charge in [-0.15, -0.1) is 0 Å². The third kappa shape index (κ3) is 8.91. The predicted molar refractivity (Wildman–Crippen MR) is 204 cm³/mol. The van der Waals surface area contributed by atoms with Crippen LogP contribution in [0.1, 0.15) is 40.3 Å². The van der Waals surface area contributed by atoms with Gasteiger partial charge in [0.15, 0.2) is 0 Å². The summed E-state index contributed by atoms with van der Waals surface area (Å²) >= 11 is 0. The summed E-state index contributed by atoms with van der Waals surface area (Å²) in [7, 11) is 1.68. The van der Waals surface area contributed by atoms with E-state index < -0.39 is 0 Å². The summed E-state index contributed by atoms with van der Waals surface area (Å²) in [5, 5.41) is 0. The molecule has 6 aromatic carbocycles. The average Bonchev–Trinajstić information content (AvgIpc) is 3.15. The van der Waals surface area contributed by atoms with Crippen LogP contribution in [0.2, 0.25) is 0 Å². The Labute approximate surface area is 288 Å². The monoisotopic (exact) mass is 639 g/mol. The molecule has 6 aromatic rings. The summed E-state index contributed by atoms with van der Waals surface area (Å²) in [5.74, 6) is 1.05. The zero-order valence-corrected chi connectivity index (χ0v) is 27.6. The van der Waals surface area contributed by atoms with Crippen LogP contribution >= 0.6 is 0 Å². The van der Waals surface area contributed by atoms with Crippen molar-refractivity contribution in [2.45, 2.75) is 6.92 Å². The molecule has 0 fully saturated rings. The van der Waals surface area contributed by atoms with Crippen molar-refractivity contribution in [3.05, 3.63) is 197 Å². The molecule has 240 valence electrons. The van der Waals surface area contributed by atoms with Crippen molar-refractivity contribution >= 4 is 47.2 Å². The molecule has 0 N–H and O–H groups in total. The Balaban J connectivity index is 1.32. The fourth-order valence-electron chi connectivity index (χ4n) is 5.38. The largest absolute Gasteiger partial charge is 0.497 e. The number of hydrogen-bond acceptors (Lipinski definition) is 4. The fraction of sp³-hybridized carbons (Fsp3) is 0.0444. The van der Waals surface area contributed by atoms with E-state index in [-0.39, 0.29) is 5.97 Å². The maximum Gasteiger partial charge on any atom is 0.308 e. The Morgan fingerprint density at radius 3 is 1.22 bits per heavy atom. The maximum atomic E-state index is 11.2. The number of ether oxygens (including phenoxy) is 2. The first-order valence-electron chi connectivity index (χ1n) is 16.1. The second kappa shape index (κ2) is 15.9. The van der Waals surface area contributed by atoms with E-state index in [1.807, 2.05) is 54.6 Å². The van der Waals surface area contributed by atoms with Crippen LogP contribution in [0.15, 0.2) is 164 Å². The fourth-order valence-corrected chi connectivity index (χ4v) is 5.38. The Bertz CT molecular complexity index is 2000. The highest BCUT2D eigenvalue weighted by Crippen LogP contribution is 2.32. The number of methoxy groups -OCH3 is 1. The first-order chi connectivity index (χ1) is 24.0. The van der Waals surface area contributed by atoms with Crippen molar-refractivity contribution in [2.24, 2.45) is 0 Å². The van der Waals surface area contributed by atoms with E-state index in [9.17, 15) is 4.79 Å². The third-order valence-electron chi connectivity index (χ3n) is 7.96. The van der Waals surface area contributed by atoms with Gasteiger partial charge in [-0.3, -0.25) is 4.79 Å². The average molecular weight is 640 g/mol. The second-order valence-electron chi connectivity index (χ2n) is 11.4. The number of nitrogens with zero attached hydrogens (tertiary/aromatic N) is 1. The first-order valence-corrected chi connectivity index (χ1v) is 16.1. The lowest BCUT2D eigenvalue weighted by Crippen LogP contribution is -2.10. The van der Waals surface area contributed by atoms with Gasteiger partial charge in [-0.05, 0) is 81.9 Å². The highest BCUT2D eigenvalue weighted by Gasteiger charge is 2.12. The molecular formula is C45H37NO3. The standard InChI is InChI=1S/C45H37NO3/c1-34(47)49-44-31-23-38(24-32-44)16-14-36-19-27-42(28-20-36)46(33-45(39-9-5-3-6-10-39)40-11-7-4-8-12-40)41-25-17-35(18-26-41)13-15-37-21-29-43(48-2)30-22-37/h3-33H,1-2H3. The molecule has 0 aliphatic carbocycles. The van der Waals surface area contributed by atoms with Crippen molar-refractivity contribution in [2.75, 3.05) is 12.0 Å². The van der Waals surface area contributed by atoms with E-state index in [1.165, 1.54) is 6.92 Å². The minimum Gasteiger partial charge on any atom is -0.497 e. The van der Waals surface area contributed by atoms with Crippen LogP contribution in [-0.4, -0.2) is 13.1 Å². The van der Waals surface area contributed by atoms with Crippen molar-refractivity contribution in [3.63, 3.8) is 0 Å². The molecule has 49 heavy (non-hydrogen) atoms. The van der Waals surface area contributed by atoms with Crippen LogP contribution in [0.25, 0.3) is 29.9 Å². The highest BCUT2D eigenvalue weighted by atomic mass is 16.5. The minimum atomic E-state index is -0.329. The number of esters is 1. The Kier molecular flexibility index (Phi) is 10.6. The topological polar surface area (TPSA) is 38.8 Å². The number of hydrogen-bond donors (Lipinski definition) is 0. The molecule has 0 aliphatic heterocycles. The molecule has 4 nitrogen and oxygen atoms in total. The molecule has 0 bridgehead atoms. The zero-order valence-electron chi connectivity index (χ0n) is 27.6. The molecule has 0 radical (unpaired) electrons. The molecule has 6 rings (SSSR count). The van der Waals surface area contributed by atoms with Crippen LogP contribution in [0.4, 0.5) is 11.4 Å². The van der Waals surface area contributed by atoms with Gasteiger partial charge in [0, 0.05) is 30.1 Å². The summed E-state index contributed by atoms with van der Waals surface area (Å²) in [6.45, 7) is 1.40. The summed E-state index contributed by atoms with van der Waals surface area (Å²) in [6.07, 6.45) is 10.6. The molecule has 0 amide bonds. The van der Waals surface area contributed by atoms with E-state index >= 15 is 0 Å². The first kappa shape index (κ1) is 32.5. The van der Waals surface area contributed by atoms with Gasteiger partial charge in [0.1, 0.15) is 11.5 Å². The van der Waals surface area contributed by atoms with Gasteiger partial charge >= 0.3 is 5.97 Å². The van der Waals surface area contributed by atoms with Crippen LogP contribution < -0.4 is 14.4 Å². The lowest BCUT2D eigenvalue weighted by Gasteiger charge is -2.24. The normalized spacial score (nSPS) is 11.0. The van der Waals surface area contributed by atoms with Crippen molar-refractivity contribution < 1.29 is 14.3 Å². The van der Waals surface area contributed by atoms with Gasteiger partial charge in [0.2, 0.25) is 0 Å². The summed E-state index contributed by atoms with van der Waals surface area (Å²) in [5.41, 5.74) is 9.77. The minimum absolute atomic E-state index is 0.329. The van der Waals surface area contributed by atoms with Crippen molar-refractivity contribution in [1.29, 1.82) is 0 Å². The van der Waals surface area contributed by atoms with Gasteiger partial charge in [-0.1, -0.05) is 133 Å². The molecule has 0 spiro atoms. The zero-order chi connectivity index (χ0) is 33.8. The third-order valence-corrected chi connectivity index (χ3v) is 7.96. The van der Waals surface area contributed by atoms with E-state index in [4.69, 9.17) is 9.47 Å². The van der Waals surface area contributed by atoms with E-state index in [0.29, 0.717) is 5.75 Å². The SMILES string of the molecule is COc1ccc(C=Cc2ccc(N(C=C(c3ccccc3)c3ccccc3)c3ccc(C=Cc4ccc(OC(C)=O)cc4)cc3)cc2)cc1. The van der Waals surface area contributed by atoms with Crippen LogP contribution in [-0.2, 0) is 4.79 Å². The lowest BCUT2D eigenvalue weighted by molar-refractivity contribution is -0.131. The Morgan fingerprint density at radius 2 is 0.857 bits per heavy atom. The summed E-state index contributed by atoms with van der Waals surface area (Å²) < 4.78 is 10.4. The number of rotatable bonds is 11. The van der Waals surface area contributed by atoms with Crippen molar-refractivity contribution in [1.82, 2.24) is 0 Å². The predicted octanol–water partition coefficient (Wildman–Crippen LogP) is 11.2. The van der Waals surface area contributed by atoms with E-state index in [0.717, 1.165) is 56.1 Å². The molecule has 0 aliphatic rings. The molecule has 0 aromatic heterocycles.